The first-order chi connectivity index (χ1) is 12.2. The molecule has 25 heavy (non-hydrogen) atoms. The van der Waals surface area contributed by atoms with Gasteiger partial charge >= 0.3 is 0 Å². The van der Waals surface area contributed by atoms with E-state index >= 15 is 0 Å². The van der Waals surface area contributed by atoms with E-state index < -0.39 is 0 Å². The second-order valence-corrected chi connectivity index (χ2v) is 7.68. The van der Waals surface area contributed by atoms with Crippen LogP contribution in [-0.2, 0) is 24.2 Å². The van der Waals surface area contributed by atoms with Gasteiger partial charge in [-0.2, -0.15) is 5.26 Å². The van der Waals surface area contributed by atoms with Crippen molar-refractivity contribution >= 4 is 33.3 Å². The zero-order valence-electron chi connectivity index (χ0n) is 14.0. The zero-order chi connectivity index (χ0) is 17.4. The first kappa shape index (κ1) is 15.9. The van der Waals surface area contributed by atoms with Crippen LogP contribution in [0.1, 0.15) is 29.3 Å². The number of nitriles is 1. The third kappa shape index (κ3) is 2.92. The van der Waals surface area contributed by atoms with Crippen molar-refractivity contribution in [2.75, 3.05) is 5.32 Å². The van der Waals surface area contributed by atoms with Crippen LogP contribution in [0.3, 0.4) is 0 Å². The van der Waals surface area contributed by atoms with Crippen molar-refractivity contribution in [3.05, 3.63) is 46.6 Å². The molecule has 2 aromatic heterocycles. The van der Waals surface area contributed by atoms with Crippen LogP contribution in [0.2, 0.25) is 0 Å². The Morgan fingerprint density at radius 2 is 2.32 bits per heavy atom. The lowest BCUT2D eigenvalue weighted by atomic mass is 9.89. The number of fused-ring (bicyclic) bond motifs is 2. The number of aromatic nitrogens is 2. The number of imidazole rings is 1. The summed E-state index contributed by atoms with van der Waals surface area (Å²) < 4.78 is 1.83. The highest BCUT2D eigenvalue weighted by molar-refractivity contribution is 7.16. The molecule has 1 amide bonds. The number of anilines is 1. The maximum Gasteiger partial charge on any atom is 0.245 e. The second kappa shape index (κ2) is 6.34. The SMILES string of the molecule is C[C@H]1CCc2c(sc(NC(=O)Cn3cnc4ccccc43)c2C#N)C1. The first-order valence-electron chi connectivity index (χ1n) is 8.40. The monoisotopic (exact) mass is 350 g/mol. The Balaban J connectivity index is 1.56. The zero-order valence-corrected chi connectivity index (χ0v) is 14.8. The van der Waals surface area contributed by atoms with Crippen molar-refractivity contribution in [3.8, 4) is 6.07 Å². The van der Waals surface area contributed by atoms with Gasteiger partial charge in [0.2, 0.25) is 5.91 Å². The van der Waals surface area contributed by atoms with Crippen LogP contribution in [0.15, 0.2) is 30.6 Å². The summed E-state index contributed by atoms with van der Waals surface area (Å²) in [5, 5.41) is 13.2. The molecule has 1 aromatic carbocycles. The Bertz CT molecular complexity index is 995. The van der Waals surface area contributed by atoms with E-state index in [0.717, 1.165) is 35.9 Å². The Morgan fingerprint density at radius 3 is 3.16 bits per heavy atom. The third-order valence-corrected chi connectivity index (χ3v) is 5.89. The molecule has 0 saturated carbocycles. The van der Waals surface area contributed by atoms with Gasteiger partial charge in [0.25, 0.3) is 0 Å². The predicted octanol–water partition coefficient (Wildman–Crippen LogP) is 3.73. The van der Waals surface area contributed by atoms with Crippen LogP contribution < -0.4 is 5.32 Å². The van der Waals surface area contributed by atoms with Crippen molar-refractivity contribution in [2.24, 2.45) is 5.92 Å². The van der Waals surface area contributed by atoms with Gasteiger partial charge in [0.1, 0.15) is 17.6 Å². The molecule has 0 fully saturated rings. The Labute approximate surface area is 149 Å². The lowest BCUT2D eigenvalue weighted by Crippen LogP contribution is -2.18. The predicted molar refractivity (Wildman–Crippen MR) is 98.6 cm³/mol. The highest BCUT2D eigenvalue weighted by Crippen LogP contribution is 2.39. The largest absolute Gasteiger partial charge is 0.321 e. The van der Waals surface area contributed by atoms with Crippen molar-refractivity contribution in [1.29, 1.82) is 5.26 Å². The molecule has 0 spiro atoms. The van der Waals surface area contributed by atoms with Gasteiger partial charge in [-0.3, -0.25) is 4.79 Å². The van der Waals surface area contributed by atoms with Crippen LogP contribution >= 0.6 is 11.3 Å². The third-order valence-electron chi connectivity index (χ3n) is 4.72. The molecule has 1 aliphatic rings. The number of nitrogens with one attached hydrogen (secondary N) is 1. The summed E-state index contributed by atoms with van der Waals surface area (Å²) in [5.74, 6) is 0.504. The molecule has 0 bridgehead atoms. The molecule has 5 nitrogen and oxygen atoms in total. The molecule has 1 N–H and O–H groups in total. The van der Waals surface area contributed by atoms with E-state index in [-0.39, 0.29) is 12.5 Å². The number of carbonyl (C=O) groups excluding carboxylic acids is 1. The summed E-state index contributed by atoms with van der Waals surface area (Å²) in [5.41, 5.74) is 3.58. The first-order valence-corrected chi connectivity index (χ1v) is 9.21. The molecule has 1 atom stereocenters. The van der Waals surface area contributed by atoms with Crippen molar-refractivity contribution < 1.29 is 4.79 Å². The number of rotatable bonds is 3. The van der Waals surface area contributed by atoms with Gasteiger partial charge in [-0.05, 0) is 42.9 Å². The molecule has 2 heterocycles. The normalized spacial score (nSPS) is 16.4. The molecular weight excluding hydrogens is 332 g/mol. The lowest BCUT2D eigenvalue weighted by Gasteiger charge is -2.17. The van der Waals surface area contributed by atoms with Crippen LogP contribution in [0.5, 0.6) is 0 Å². The van der Waals surface area contributed by atoms with Crippen LogP contribution in [0.25, 0.3) is 11.0 Å². The topological polar surface area (TPSA) is 70.7 Å². The van der Waals surface area contributed by atoms with Gasteiger partial charge in [-0.25, -0.2) is 4.98 Å². The van der Waals surface area contributed by atoms with Crippen LogP contribution in [0.4, 0.5) is 5.00 Å². The van der Waals surface area contributed by atoms with Crippen molar-refractivity contribution in [1.82, 2.24) is 9.55 Å². The number of hydrogen-bond donors (Lipinski definition) is 1. The molecular formula is C19H18N4OS. The Morgan fingerprint density at radius 1 is 1.48 bits per heavy atom. The van der Waals surface area contributed by atoms with Gasteiger partial charge in [0.05, 0.1) is 22.9 Å². The van der Waals surface area contributed by atoms with E-state index in [4.69, 9.17) is 0 Å². The Hall–Kier alpha value is -2.65. The molecule has 6 heteroatoms. The molecule has 1 aliphatic carbocycles. The molecule has 3 aromatic rings. The standard InChI is InChI=1S/C19H18N4OS/c1-12-6-7-13-14(9-20)19(25-17(13)8-12)22-18(24)10-23-11-21-15-4-2-3-5-16(15)23/h2-5,11-12H,6-8,10H2,1H3,(H,22,24)/t12-/m0/s1. The summed E-state index contributed by atoms with van der Waals surface area (Å²) in [4.78, 5) is 18.1. The van der Waals surface area contributed by atoms with Crippen LogP contribution in [0, 0.1) is 17.2 Å². The number of thiophene rings is 1. The quantitative estimate of drug-likeness (QED) is 0.782. The second-order valence-electron chi connectivity index (χ2n) is 6.58. The minimum atomic E-state index is -0.133. The van der Waals surface area contributed by atoms with E-state index in [1.807, 2.05) is 28.8 Å². The van der Waals surface area contributed by atoms with Gasteiger partial charge in [0.15, 0.2) is 0 Å². The van der Waals surface area contributed by atoms with Gasteiger partial charge in [-0.1, -0.05) is 19.1 Å². The summed E-state index contributed by atoms with van der Waals surface area (Å²) >= 11 is 1.56. The number of para-hydroxylation sites is 2. The van der Waals surface area contributed by atoms with Gasteiger partial charge in [0, 0.05) is 4.88 Å². The van der Waals surface area contributed by atoms with Gasteiger partial charge < -0.3 is 9.88 Å². The van der Waals surface area contributed by atoms with E-state index in [2.05, 4.69) is 23.3 Å². The van der Waals surface area contributed by atoms with Crippen molar-refractivity contribution in [2.45, 2.75) is 32.7 Å². The van der Waals surface area contributed by atoms with Crippen LogP contribution in [-0.4, -0.2) is 15.5 Å². The number of nitrogens with zero attached hydrogens (tertiary/aromatic N) is 3. The fourth-order valence-electron chi connectivity index (χ4n) is 3.41. The average Bonchev–Trinajstić information content (AvgIpc) is 3.15. The lowest BCUT2D eigenvalue weighted by molar-refractivity contribution is -0.116. The number of carbonyl (C=O) groups is 1. The maximum absolute atomic E-state index is 12.5. The minimum Gasteiger partial charge on any atom is -0.321 e. The fraction of sp³-hybridized carbons (Fsp3) is 0.316. The molecule has 0 aliphatic heterocycles. The van der Waals surface area contributed by atoms with Crippen molar-refractivity contribution in [3.63, 3.8) is 0 Å². The minimum absolute atomic E-state index is 0.133. The molecule has 4 rings (SSSR count). The number of hydrogen-bond acceptors (Lipinski definition) is 4. The summed E-state index contributed by atoms with van der Waals surface area (Å²) in [6, 6.07) is 10.0. The van der Waals surface area contributed by atoms with E-state index in [1.54, 1.807) is 17.7 Å². The molecule has 0 unspecified atom stereocenters. The summed E-state index contributed by atoms with van der Waals surface area (Å²) in [6.07, 6.45) is 4.71. The maximum atomic E-state index is 12.5. The highest BCUT2D eigenvalue weighted by Gasteiger charge is 2.24. The fourth-order valence-corrected chi connectivity index (χ4v) is 4.79. The number of amides is 1. The summed E-state index contributed by atoms with van der Waals surface area (Å²) in [6.45, 7) is 2.42. The Kier molecular flexibility index (Phi) is 4.02. The van der Waals surface area contributed by atoms with E-state index in [0.29, 0.717) is 16.5 Å². The molecule has 0 saturated heterocycles. The van der Waals surface area contributed by atoms with E-state index in [9.17, 15) is 10.1 Å². The van der Waals surface area contributed by atoms with Gasteiger partial charge in [-0.15, -0.1) is 11.3 Å². The number of benzene rings is 1. The molecule has 126 valence electrons. The molecule has 0 radical (unpaired) electrons. The average molecular weight is 350 g/mol. The summed E-state index contributed by atoms with van der Waals surface area (Å²) in [7, 11) is 0. The smallest absolute Gasteiger partial charge is 0.245 e. The van der Waals surface area contributed by atoms with E-state index in [1.165, 1.54) is 4.88 Å². The highest BCUT2D eigenvalue weighted by atomic mass is 32.1.